The Hall–Kier alpha value is -0.0100. The molecule has 0 aromatic carbocycles. The maximum Gasteiger partial charge on any atom is 0.469 e. The van der Waals surface area contributed by atoms with E-state index >= 15 is 0 Å². The van der Waals surface area contributed by atoms with Gasteiger partial charge in [0.2, 0.25) is 0 Å². The van der Waals surface area contributed by atoms with Gasteiger partial charge in [-0.3, -0.25) is 15.8 Å². The van der Waals surface area contributed by atoms with Crippen molar-refractivity contribution in [3.05, 3.63) is 0 Å². The van der Waals surface area contributed by atoms with Crippen LogP contribution in [0.25, 0.3) is 0 Å². The predicted octanol–water partition coefficient (Wildman–Crippen LogP) is -0.306. The molecular formula is C8H22N3O4P. The van der Waals surface area contributed by atoms with Crippen LogP contribution in [0.1, 0.15) is 25.7 Å². The van der Waals surface area contributed by atoms with E-state index in [0.29, 0.717) is 25.4 Å². The fourth-order valence-corrected chi connectivity index (χ4v) is 1.81. The molecule has 0 aromatic heterocycles. The van der Waals surface area contributed by atoms with Gasteiger partial charge in [-0.05, 0) is 38.1 Å². The summed E-state index contributed by atoms with van der Waals surface area (Å²) >= 11 is 0. The molecule has 0 saturated heterocycles. The standard InChI is InChI=1S/C8H22N3O4P/c9-5-1-2-8(3-6-11-10)4-7-15-16(12,13)14/h8,11H,1-7,9-10H2,(H2,12,13,14). The fourth-order valence-electron chi connectivity index (χ4n) is 1.47. The number of hydrogen-bond acceptors (Lipinski definition) is 5. The summed E-state index contributed by atoms with van der Waals surface area (Å²) in [6, 6.07) is 0. The second-order valence-corrected chi connectivity index (χ2v) is 4.89. The summed E-state index contributed by atoms with van der Waals surface area (Å²) in [5.74, 6) is 5.50. The third-order valence-corrected chi connectivity index (χ3v) is 2.82. The van der Waals surface area contributed by atoms with Gasteiger partial charge < -0.3 is 15.5 Å². The molecule has 0 fully saturated rings. The normalized spacial score (nSPS) is 14.0. The summed E-state index contributed by atoms with van der Waals surface area (Å²) in [5.41, 5.74) is 7.96. The molecule has 0 aromatic rings. The number of phosphoric acid groups is 1. The summed E-state index contributed by atoms with van der Waals surface area (Å²) in [6.45, 7) is 1.35. The van der Waals surface area contributed by atoms with Gasteiger partial charge in [0.05, 0.1) is 6.61 Å². The van der Waals surface area contributed by atoms with Crippen LogP contribution in [0.5, 0.6) is 0 Å². The molecule has 8 heteroatoms. The molecule has 0 aliphatic carbocycles. The Morgan fingerprint density at radius 3 is 2.50 bits per heavy atom. The Bertz CT molecular complexity index is 203. The van der Waals surface area contributed by atoms with Crippen LogP contribution >= 0.6 is 7.82 Å². The molecule has 1 atom stereocenters. The lowest BCUT2D eigenvalue weighted by Gasteiger charge is -2.16. The van der Waals surface area contributed by atoms with E-state index in [1.165, 1.54) is 0 Å². The van der Waals surface area contributed by atoms with Gasteiger partial charge in [0.15, 0.2) is 0 Å². The van der Waals surface area contributed by atoms with Crippen molar-refractivity contribution in [2.75, 3.05) is 19.7 Å². The summed E-state index contributed by atoms with van der Waals surface area (Å²) in [4.78, 5) is 17.0. The van der Waals surface area contributed by atoms with Crippen LogP contribution in [-0.2, 0) is 9.09 Å². The number of nitrogens with two attached hydrogens (primary N) is 2. The fraction of sp³-hybridized carbons (Fsp3) is 1.00. The number of hydrogen-bond donors (Lipinski definition) is 5. The van der Waals surface area contributed by atoms with Crippen LogP contribution < -0.4 is 17.0 Å². The van der Waals surface area contributed by atoms with E-state index in [9.17, 15) is 4.57 Å². The highest BCUT2D eigenvalue weighted by atomic mass is 31.2. The van der Waals surface area contributed by atoms with E-state index in [-0.39, 0.29) is 6.61 Å². The van der Waals surface area contributed by atoms with E-state index in [2.05, 4.69) is 9.95 Å². The molecule has 0 aliphatic rings. The van der Waals surface area contributed by atoms with Gasteiger partial charge in [-0.25, -0.2) is 4.57 Å². The molecule has 7 nitrogen and oxygen atoms in total. The van der Waals surface area contributed by atoms with Crippen molar-refractivity contribution < 1.29 is 18.9 Å². The van der Waals surface area contributed by atoms with E-state index < -0.39 is 7.82 Å². The number of nitrogens with one attached hydrogen (secondary N) is 1. The van der Waals surface area contributed by atoms with Gasteiger partial charge in [-0.15, -0.1) is 0 Å². The third-order valence-electron chi connectivity index (χ3n) is 2.30. The lowest BCUT2D eigenvalue weighted by Crippen LogP contribution is -2.25. The average molecular weight is 255 g/mol. The zero-order chi connectivity index (χ0) is 12.4. The second-order valence-electron chi connectivity index (χ2n) is 3.65. The zero-order valence-electron chi connectivity index (χ0n) is 9.34. The van der Waals surface area contributed by atoms with Crippen LogP contribution in [0.2, 0.25) is 0 Å². The molecule has 16 heavy (non-hydrogen) atoms. The molecule has 0 aliphatic heterocycles. The van der Waals surface area contributed by atoms with Gasteiger partial charge in [-0.1, -0.05) is 0 Å². The van der Waals surface area contributed by atoms with Crippen LogP contribution in [0, 0.1) is 5.92 Å². The summed E-state index contributed by atoms with van der Waals surface area (Å²) in [5, 5.41) is 0. The molecule has 0 amide bonds. The van der Waals surface area contributed by atoms with Crippen molar-refractivity contribution in [1.82, 2.24) is 5.43 Å². The lowest BCUT2D eigenvalue weighted by molar-refractivity contribution is 0.180. The summed E-state index contributed by atoms with van der Waals surface area (Å²) in [6.07, 6.45) is 3.27. The minimum absolute atomic E-state index is 0.0596. The third kappa shape index (κ3) is 10.5. The van der Waals surface area contributed by atoms with Crippen LogP contribution in [0.15, 0.2) is 0 Å². The molecule has 1 unspecified atom stereocenters. The Labute approximate surface area is 95.7 Å². The lowest BCUT2D eigenvalue weighted by atomic mass is 9.96. The van der Waals surface area contributed by atoms with E-state index in [4.69, 9.17) is 21.4 Å². The van der Waals surface area contributed by atoms with Gasteiger partial charge in [-0.2, -0.15) is 0 Å². The first-order valence-corrected chi connectivity index (χ1v) is 6.86. The number of hydrazine groups is 1. The first kappa shape index (κ1) is 16.0. The van der Waals surface area contributed by atoms with Crippen molar-refractivity contribution in [2.45, 2.75) is 25.7 Å². The molecular weight excluding hydrogens is 233 g/mol. The smallest absolute Gasteiger partial charge is 0.330 e. The first-order chi connectivity index (χ1) is 7.49. The predicted molar refractivity (Wildman–Crippen MR) is 61.2 cm³/mol. The molecule has 0 rings (SSSR count). The Balaban J connectivity index is 3.76. The van der Waals surface area contributed by atoms with Crippen molar-refractivity contribution in [3.8, 4) is 0 Å². The highest BCUT2D eigenvalue weighted by Gasteiger charge is 2.15. The maximum atomic E-state index is 10.5. The molecule has 0 saturated carbocycles. The monoisotopic (exact) mass is 255 g/mol. The number of rotatable bonds is 10. The number of phosphoric ester groups is 1. The largest absolute Gasteiger partial charge is 0.469 e. The SMILES string of the molecule is NCCCC(CCNN)CCOP(=O)(O)O. The van der Waals surface area contributed by atoms with Gasteiger partial charge in [0, 0.05) is 6.54 Å². The van der Waals surface area contributed by atoms with Crippen molar-refractivity contribution >= 4 is 7.82 Å². The van der Waals surface area contributed by atoms with Gasteiger partial charge in [0.1, 0.15) is 0 Å². The topological polar surface area (TPSA) is 131 Å². The second kappa shape index (κ2) is 9.07. The van der Waals surface area contributed by atoms with E-state index in [1.807, 2.05) is 0 Å². The Morgan fingerprint density at radius 1 is 1.31 bits per heavy atom. The van der Waals surface area contributed by atoms with Gasteiger partial charge in [0.25, 0.3) is 0 Å². The average Bonchev–Trinajstić information content (AvgIpc) is 2.19. The quantitative estimate of drug-likeness (QED) is 0.205. The van der Waals surface area contributed by atoms with E-state index in [1.54, 1.807) is 0 Å². The van der Waals surface area contributed by atoms with Crippen molar-refractivity contribution in [3.63, 3.8) is 0 Å². The highest BCUT2D eigenvalue weighted by Crippen LogP contribution is 2.36. The Kier molecular flexibility index (Phi) is 9.06. The molecule has 0 bridgehead atoms. The van der Waals surface area contributed by atoms with Crippen LogP contribution in [0.4, 0.5) is 0 Å². The highest BCUT2D eigenvalue weighted by molar-refractivity contribution is 7.46. The molecule has 0 heterocycles. The van der Waals surface area contributed by atoms with Crippen LogP contribution in [-0.4, -0.2) is 29.5 Å². The van der Waals surface area contributed by atoms with E-state index in [0.717, 1.165) is 19.3 Å². The van der Waals surface area contributed by atoms with Crippen LogP contribution in [0.3, 0.4) is 0 Å². The Morgan fingerprint density at radius 2 is 2.00 bits per heavy atom. The minimum atomic E-state index is -4.34. The maximum absolute atomic E-state index is 10.5. The van der Waals surface area contributed by atoms with Gasteiger partial charge >= 0.3 is 7.82 Å². The molecule has 0 radical (unpaired) electrons. The molecule has 0 spiro atoms. The minimum Gasteiger partial charge on any atom is -0.330 e. The summed E-state index contributed by atoms with van der Waals surface area (Å²) in [7, 11) is -4.34. The zero-order valence-corrected chi connectivity index (χ0v) is 10.2. The summed E-state index contributed by atoms with van der Waals surface area (Å²) < 4.78 is 14.9. The molecule has 98 valence electrons. The van der Waals surface area contributed by atoms with Crippen molar-refractivity contribution in [2.24, 2.45) is 17.5 Å². The van der Waals surface area contributed by atoms with Crippen molar-refractivity contribution in [1.29, 1.82) is 0 Å². The molecule has 7 N–H and O–H groups in total. The first-order valence-electron chi connectivity index (χ1n) is 5.33.